The normalized spacial score (nSPS) is 25.2. The van der Waals surface area contributed by atoms with Crippen molar-refractivity contribution in [2.24, 2.45) is 5.73 Å². The number of carbonyl (C=O) groups excluding carboxylic acids is 1. The first-order valence-corrected chi connectivity index (χ1v) is 6.99. The van der Waals surface area contributed by atoms with Crippen molar-refractivity contribution in [3.8, 4) is 0 Å². The van der Waals surface area contributed by atoms with Gasteiger partial charge in [-0.05, 0) is 25.5 Å². The third kappa shape index (κ3) is 3.20. The summed E-state index contributed by atoms with van der Waals surface area (Å²) >= 11 is 0. The summed E-state index contributed by atoms with van der Waals surface area (Å²) in [5.74, 6) is -0.115. The molecule has 3 unspecified atom stereocenters. The Bertz CT molecular complexity index is 445. The van der Waals surface area contributed by atoms with Gasteiger partial charge in [0.05, 0.1) is 18.8 Å². The molecule has 0 aliphatic heterocycles. The lowest BCUT2D eigenvalue weighted by atomic mass is 9.83. The third-order valence-corrected chi connectivity index (χ3v) is 3.64. The molecule has 0 spiro atoms. The number of methoxy groups -OCH3 is 1. The van der Waals surface area contributed by atoms with Crippen LogP contribution >= 0.6 is 0 Å². The summed E-state index contributed by atoms with van der Waals surface area (Å²) in [7, 11) is 1.64. The molecule has 1 aliphatic carbocycles. The molecule has 1 saturated carbocycles. The van der Waals surface area contributed by atoms with Crippen molar-refractivity contribution in [3.63, 3.8) is 0 Å². The lowest BCUT2D eigenvalue weighted by Crippen LogP contribution is -2.64. The van der Waals surface area contributed by atoms with Crippen LogP contribution in [0.2, 0.25) is 0 Å². The Balaban J connectivity index is 1.96. The van der Waals surface area contributed by atoms with E-state index in [2.05, 4.69) is 5.32 Å². The van der Waals surface area contributed by atoms with Crippen LogP contribution in [0.25, 0.3) is 0 Å². The summed E-state index contributed by atoms with van der Waals surface area (Å²) in [4.78, 5) is 12.3. The molecule has 3 N–H and O–H groups in total. The van der Waals surface area contributed by atoms with Crippen LogP contribution in [-0.4, -0.2) is 49.0 Å². The van der Waals surface area contributed by atoms with E-state index in [-0.39, 0.29) is 24.1 Å². The molecule has 1 aromatic rings. The van der Waals surface area contributed by atoms with Gasteiger partial charge < -0.3 is 25.1 Å². The first-order valence-electron chi connectivity index (χ1n) is 6.99. The average molecular weight is 281 g/mol. The Hall–Kier alpha value is -1.37. The molecule has 1 amide bonds. The van der Waals surface area contributed by atoms with E-state index in [0.29, 0.717) is 25.5 Å². The molecule has 20 heavy (non-hydrogen) atoms. The van der Waals surface area contributed by atoms with Gasteiger partial charge in [-0.25, -0.2) is 0 Å². The van der Waals surface area contributed by atoms with Gasteiger partial charge >= 0.3 is 0 Å². The minimum atomic E-state index is -0.115. The van der Waals surface area contributed by atoms with Gasteiger partial charge in [-0.1, -0.05) is 0 Å². The van der Waals surface area contributed by atoms with Crippen LogP contribution < -0.4 is 11.1 Å². The molecule has 1 aromatic heterocycles. The molecule has 6 nitrogen and oxygen atoms in total. The number of aromatic nitrogens is 1. The molecule has 1 fully saturated rings. The monoisotopic (exact) mass is 281 g/mol. The minimum Gasteiger partial charge on any atom is -0.383 e. The number of nitrogens with zero attached hydrogens (tertiary/aromatic N) is 1. The van der Waals surface area contributed by atoms with Gasteiger partial charge in [0.25, 0.3) is 5.91 Å². The van der Waals surface area contributed by atoms with Gasteiger partial charge in [-0.2, -0.15) is 0 Å². The van der Waals surface area contributed by atoms with E-state index in [9.17, 15) is 4.79 Å². The number of rotatable bonds is 7. The maximum absolute atomic E-state index is 12.3. The predicted molar refractivity (Wildman–Crippen MR) is 75.6 cm³/mol. The van der Waals surface area contributed by atoms with E-state index in [1.54, 1.807) is 13.2 Å². The summed E-state index contributed by atoms with van der Waals surface area (Å²) in [5, 5.41) is 2.97. The molecule has 0 saturated heterocycles. The van der Waals surface area contributed by atoms with Crippen molar-refractivity contribution >= 4 is 5.91 Å². The first kappa shape index (κ1) is 15.0. The highest BCUT2D eigenvalue weighted by Gasteiger charge is 2.40. The van der Waals surface area contributed by atoms with E-state index in [1.165, 1.54) is 0 Å². The Morgan fingerprint density at radius 2 is 2.40 bits per heavy atom. The Morgan fingerprint density at radius 3 is 3.05 bits per heavy atom. The molecular weight excluding hydrogens is 258 g/mol. The van der Waals surface area contributed by atoms with Crippen molar-refractivity contribution in [1.29, 1.82) is 0 Å². The highest BCUT2D eigenvalue weighted by Crippen LogP contribution is 2.23. The van der Waals surface area contributed by atoms with Gasteiger partial charge in [0.2, 0.25) is 0 Å². The summed E-state index contributed by atoms with van der Waals surface area (Å²) < 4.78 is 12.5. The zero-order chi connectivity index (χ0) is 14.5. The van der Waals surface area contributed by atoms with Crippen molar-refractivity contribution in [3.05, 3.63) is 24.0 Å². The maximum atomic E-state index is 12.3. The van der Waals surface area contributed by atoms with E-state index in [0.717, 1.165) is 6.42 Å². The number of nitrogens with two attached hydrogens (primary N) is 1. The van der Waals surface area contributed by atoms with Crippen LogP contribution in [0, 0.1) is 0 Å². The van der Waals surface area contributed by atoms with Crippen LogP contribution in [0.1, 0.15) is 23.8 Å². The molecular formula is C14H23N3O3. The van der Waals surface area contributed by atoms with E-state index >= 15 is 0 Å². The molecule has 0 bridgehead atoms. The second kappa shape index (κ2) is 6.88. The van der Waals surface area contributed by atoms with Crippen molar-refractivity contribution in [2.45, 2.75) is 38.1 Å². The molecule has 1 aliphatic rings. The van der Waals surface area contributed by atoms with Crippen molar-refractivity contribution in [2.75, 3.05) is 20.3 Å². The average Bonchev–Trinajstić information content (AvgIpc) is 2.90. The summed E-state index contributed by atoms with van der Waals surface area (Å²) in [6, 6.07) is 3.52. The molecule has 3 atom stereocenters. The summed E-state index contributed by atoms with van der Waals surface area (Å²) in [5.41, 5.74) is 6.56. The fourth-order valence-corrected chi connectivity index (χ4v) is 2.46. The van der Waals surface area contributed by atoms with Crippen LogP contribution in [0.3, 0.4) is 0 Å². The lowest BCUT2D eigenvalue weighted by molar-refractivity contribution is -0.0301. The number of amides is 1. The second-order valence-corrected chi connectivity index (χ2v) is 4.97. The topological polar surface area (TPSA) is 78.5 Å². The van der Waals surface area contributed by atoms with E-state index in [1.807, 2.05) is 23.8 Å². The number of hydrogen-bond donors (Lipinski definition) is 2. The minimum absolute atomic E-state index is 0.0290. The fourth-order valence-electron chi connectivity index (χ4n) is 2.46. The smallest absolute Gasteiger partial charge is 0.268 e. The van der Waals surface area contributed by atoms with Crippen LogP contribution in [-0.2, 0) is 16.0 Å². The number of carbonyl (C=O) groups is 1. The molecule has 1 heterocycles. The zero-order valence-electron chi connectivity index (χ0n) is 12.0. The Morgan fingerprint density at radius 1 is 1.60 bits per heavy atom. The van der Waals surface area contributed by atoms with Gasteiger partial charge in [0.1, 0.15) is 5.69 Å². The van der Waals surface area contributed by atoms with Crippen molar-refractivity contribution < 1.29 is 14.3 Å². The van der Waals surface area contributed by atoms with Crippen molar-refractivity contribution in [1.82, 2.24) is 9.88 Å². The van der Waals surface area contributed by atoms with E-state index in [4.69, 9.17) is 15.2 Å². The maximum Gasteiger partial charge on any atom is 0.268 e. The highest BCUT2D eigenvalue weighted by atomic mass is 16.5. The van der Waals surface area contributed by atoms with Gasteiger partial charge in [0, 0.05) is 32.5 Å². The molecule has 112 valence electrons. The number of hydrogen-bond acceptors (Lipinski definition) is 4. The van der Waals surface area contributed by atoms with Crippen LogP contribution in [0.5, 0.6) is 0 Å². The van der Waals surface area contributed by atoms with Gasteiger partial charge in [0.15, 0.2) is 0 Å². The molecule has 6 heteroatoms. The quantitative estimate of drug-likeness (QED) is 0.757. The Labute approximate surface area is 119 Å². The largest absolute Gasteiger partial charge is 0.383 e. The van der Waals surface area contributed by atoms with E-state index < -0.39 is 0 Å². The van der Waals surface area contributed by atoms with Crippen LogP contribution in [0.4, 0.5) is 0 Å². The SMILES string of the molecule is CCOC1CC(N)C1NC(=O)c1cccn1CCOC. The summed E-state index contributed by atoms with van der Waals surface area (Å²) in [6.07, 6.45) is 2.69. The Kier molecular flexibility index (Phi) is 5.17. The second-order valence-electron chi connectivity index (χ2n) is 4.97. The van der Waals surface area contributed by atoms with Crippen LogP contribution in [0.15, 0.2) is 18.3 Å². The summed E-state index contributed by atoms with van der Waals surface area (Å²) in [6.45, 7) is 3.80. The van der Waals surface area contributed by atoms with Gasteiger partial charge in [-0.15, -0.1) is 0 Å². The third-order valence-electron chi connectivity index (χ3n) is 3.64. The molecule has 2 rings (SSSR count). The fraction of sp³-hybridized carbons (Fsp3) is 0.643. The zero-order valence-corrected chi connectivity index (χ0v) is 12.0. The van der Waals surface area contributed by atoms with Gasteiger partial charge in [-0.3, -0.25) is 4.79 Å². The first-order chi connectivity index (χ1) is 9.67. The lowest BCUT2D eigenvalue weighted by Gasteiger charge is -2.42. The number of ether oxygens (including phenoxy) is 2. The predicted octanol–water partition coefficient (Wildman–Crippen LogP) is 0.369. The highest BCUT2D eigenvalue weighted by molar-refractivity contribution is 5.93. The molecule has 0 aromatic carbocycles. The molecule has 0 radical (unpaired) electrons. The standard InChI is InChI=1S/C14H23N3O3/c1-3-20-12-9-10(15)13(12)16-14(18)11-5-4-6-17(11)7-8-19-2/h4-6,10,12-13H,3,7-9,15H2,1-2H3,(H,16,18). The number of nitrogens with one attached hydrogen (secondary N) is 1.